The fourth-order valence-corrected chi connectivity index (χ4v) is 5.62. The molecule has 2 atom stereocenters. The Morgan fingerprint density at radius 1 is 1.00 bits per heavy atom. The summed E-state index contributed by atoms with van der Waals surface area (Å²) in [7, 11) is 1.31. The zero-order valence-corrected chi connectivity index (χ0v) is 15.1. The lowest BCUT2D eigenvalue weighted by Crippen LogP contribution is -2.60. The van der Waals surface area contributed by atoms with Gasteiger partial charge in [-0.2, -0.15) is 8.78 Å². The van der Waals surface area contributed by atoms with Gasteiger partial charge in [0, 0.05) is 0 Å². The lowest BCUT2D eigenvalue weighted by Gasteiger charge is -2.59. The van der Waals surface area contributed by atoms with Crippen LogP contribution < -0.4 is 0 Å². The van der Waals surface area contributed by atoms with Crippen molar-refractivity contribution in [1.29, 1.82) is 0 Å². The number of alkyl halides is 2. The van der Waals surface area contributed by atoms with Crippen LogP contribution >= 0.6 is 0 Å². The molecule has 0 aromatic carbocycles. The van der Waals surface area contributed by atoms with Crippen molar-refractivity contribution < 1.29 is 37.7 Å². The van der Waals surface area contributed by atoms with Crippen LogP contribution in [0.1, 0.15) is 52.4 Å². The average Bonchev–Trinajstić information content (AvgIpc) is 2.51. The molecule has 1 N–H and O–H groups in total. The molecule has 0 aromatic rings. The monoisotopic (exact) mass is 374 g/mol. The number of ether oxygens (including phenoxy) is 2. The fourth-order valence-electron chi connectivity index (χ4n) is 5.62. The van der Waals surface area contributed by atoms with Gasteiger partial charge >= 0.3 is 23.8 Å². The molecular weight excluding hydrogens is 350 g/mol. The molecule has 2 unspecified atom stereocenters. The van der Waals surface area contributed by atoms with Crippen molar-refractivity contribution in [3.8, 4) is 0 Å². The summed E-state index contributed by atoms with van der Waals surface area (Å²) in [6, 6.07) is 0. The van der Waals surface area contributed by atoms with Crippen LogP contribution in [0.5, 0.6) is 0 Å². The molecule has 8 heteroatoms. The van der Waals surface area contributed by atoms with Gasteiger partial charge in [-0.25, -0.2) is 4.79 Å². The van der Waals surface area contributed by atoms with Crippen LogP contribution in [0.2, 0.25) is 0 Å². The maximum absolute atomic E-state index is 14.0. The number of halogens is 2. The lowest BCUT2D eigenvalue weighted by molar-refractivity contribution is -0.229. The van der Waals surface area contributed by atoms with E-state index >= 15 is 0 Å². The molecule has 0 saturated heterocycles. The molecule has 0 aromatic heterocycles. The average molecular weight is 374 g/mol. The molecule has 4 rings (SSSR count). The van der Waals surface area contributed by atoms with E-state index in [0.717, 1.165) is 20.3 Å². The van der Waals surface area contributed by atoms with Crippen molar-refractivity contribution in [2.75, 3.05) is 7.11 Å². The fraction of sp³-hybridized carbons (Fsp3) is 0.833. The van der Waals surface area contributed by atoms with Crippen molar-refractivity contribution in [2.45, 2.75) is 63.9 Å². The van der Waals surface area contributed by atoms with Crippen LogP contribution in [-0.4, -0.2) is 41.6 Å². The van der Waals surface area contributed by atoms with Crippen molar-refractivity contribution in [1.82, 2.24) is 0 Å². The van der Waals surface area contributed by atoms with E-state index in [4.69, 9.17) is 14.6 Å². The van der Waals surface area contributed by atoms with E-state index in [-0.39, 0.29) is 24.2 Å². The van der Waals surface area contributed by atoms with Crippen LogP contribution in [0.25, 0.3) is 0 Å². The Kier molecular flexibility index (Phi) is 4.12. The summed E-state index contributed by atoms with van der Waals surface area (Å²) in [5.74, 6) is -7.46. The largest absolute Gasteiger partial charge is 0.477 e. The number of aliphatic carboxylic acids is 1. The van der Waals surface area contributed by atoms with Crippen molar-refractivity contribution in [3.05, 3.63) is 0 Å². The number of carboxylic acid groups (broad SMARTS) is 1. The van der Waals surface area contributed by atoms with E-state index in [9.17, 15) is 23.2 Å². The maximum atomic E-state index is 14.0. The first kappa shape index (κ1) is 19.0. The first-order chi connectivity index (χ1) is 11.9. The van der Waals surface area contributed by atoms with Gasteiger partial charge in [-0.3, -0.25) is 9.59 Å². The first-order valence-corrected chi connectivity index (χ1v) is 8.81. The summed E-state index contributed by atoms with van der Waals surface area (Å²) in [6.07, 6.45) is 3.36. The predicted molar refractivity (Wildman–Crippen MR) is 84.3 cm³/mol. The molecule has 0 spiro atoms. The minimum Gasteiger partial charge on any atom is -0.477 e. The van der Waals surface area contributed by atoms with Crippen LogP contribution in [0.3, 0.4) is 0 Å². The molecule has 4 fully saturated rings. The molecule has 0 radical (unpaired) electrons. The summed E-state index contributed by atoms with van der Waals surface area (Å²) < 4.78 is 38.0. The van der Waals surface area contributed by atoms with Crippen molar-refractivity contribution in [3.63, 3.8) is 0 Å². The van der Waals surface area contributed by atoms with E-state index in [2.05, 4.69) is 0 Å². The molecule has 0 amide bonds. The van der Waals surface area contributed by atoms with E-state index in [1.54, 1.807) is 0 Å². The Labute approximate surface area is 150 Å². The second-order valence-electron chi connectivity index (χ2n) is 8.79. The Morgan fingerprint density at radius 3 is 1.88 bits per heavy atom. The van der Waals surface area contributed by atoms with Gasteiger partial charge in [-0.1, -0.05) is 0 Å². The second-order valence-corrected chi connectivity index (χ2v) is 8.79. The number of methoxy groups -OCH3 is 1. The number of esters is 2. The van der Waals surface area contributed by atoms with E-state index in [1.807, 2.05) is 0 Å². The molecule has 0 aliphatic heterocycles. The predicted octanol–water partition coefficient (Wildman–Crippen LogP) is 2.79. The summed E-state index contributed by atoms with van der Waals surface area (Å²) >= 11 is 0. The maximum Gasteiger partial charge on any atom is 0.380 e. The first-order valence-electron chi connectivity index (χ1n) is 8.81. The Bertz CT molecular complexity index is 642. The molecule has 4 saturated carbocycles. The van der Waals surface area contributed by atoms with Gasteiger partial charge in [0.2, 0.25) is 0 Å². The molecule has 6 nitrogen and oxygen atoms in total. The van der Waals surface area contributed by atoms with Gasteiger partial charge in [0.1, 0.15) is 0 Å². The summed E-state index contributed by atoms with van der Waals surface area (Å²) in [5, 5.41) is 8.77. The van der Waals surface area contributed by atoms with Gasteiger partial charge < -0.3 is 14.6 Å². The van der Waals surface area contributed by atoms with Crippen molar-refractivity contribution >= 4 is 17.9 Å². The Balaban J connectivity index is 1.88. The van der Waals surface area contributed by atoms with Crippen LogP contribution in [0, 0.1) is 22.7 Å². The van der Waals surface area contributed by atoms with Gasteiger partial charge in [-0.15, -0.1) is 0 Å². The number of carboxylic acids is 1. The lowest BCUT2D eigenvalue weighted by atomic mass is 9.44. The van der Waals surface area contributed by atoms with Crippen molar-refractivity contribution in [2.24, 2.45) is 22.7 Å². The standard InChI is InChI=1S/C18H24F2O6/c1-15(2,18(19,20)12(21)22)26-14(24)17-7-10-4-11(8-17)6-16(5-10,9-17)13(23)25-3/h10-11H,4-9H2,1-3H3,(H,21,22). The summed E-state index contributed by atoms with van der Waals surface area (Å²) in [4.78, 5) is 36.2. The smallest absolute Gasteiger partial charge is 0.380 e. The highest BCUT2D eigenvalue weighted by molar-refractivity contribution is 5.84. The number of hydrogen-bond acceptors (Lipinski definition) is 5. The molecule has 146 valence electrons. The summed E-state index contributed by atoms with van der Waals surface area (Å²) in [5.41, 5.74) is -4.28. The third-order valence-electron chi connectivity index (χ3n) is 6.49. The highest BCUT2D eigenvalue weighted by atomic mass is 19.3. The molecule has 0 heterocycles. The zero-order chi connectivity index (χ0) is 19.5. The highest BCUT2D eigenvalue weighted by Gasteiger charge is 2.66. The minimum absolute atomic E-state index is 0.144. The van der Waals surface area contributed by atoms with Gasteiger partial charge in [0.25, 0.3) is 0 Å². The van der Waals surface area contributed by atoms with Gasteiger partial charge in [0.05, 0.1) is 17.9 Å². The number of carbonyl (C=O) groups excluding carboxylic acids is 2. The van der Waals surface area contributed by atoms with E-state index in [0.29, 0.717) is 25.7 Å². The second kappa shape index (κ2) is 5.63. The van der Waals surface area contributed by atoms with Gasteiger partial charge in [-0.05, 0) is 64.2 Å². The van der Waals surface area contributed by atoms with Crippen LogP contribution in [-0.2, 0) is 23.9 Å². The molecule has 26 heavy (non-hydrogen) atoms. The Hall–Kier alpha value is -1.73. The van der Waals surface area contributed by atoms with Crippen LogP contribution in [0.15, 0.2) is 0 Å². The van der Waals surface area contributed by atoms with Gasteiger partial charge in [0.15, 0.2) is 5.60 Å². The van der Waals surface area contributed by atoms with E-state index < -0.39 is 34.3 Å². The quantitative estimate of drug-likeness (QED) is 0.745. The highest BCUT2D eigenvalue weighted by Crippen LogP contribution is 2.66. The number of carbonyl (C=O) groups is 3. The molecule has 4 aliphatic rings. The topological polar surface area (TPSA) is 89.9 Å². The summed E-state index contributed by atoms with van der Waals surface area (Å²) in [6.45, 7) is 1.80. The number of rotatable bonds is 5. The van der Waals surface area contributed by atoms with Crippen LogP contribution in [0.4, 0.5) is 8.78 Å². The number of hydrogen-bond donors (Lipinski definition) is 1. The SMILES string of the molecule is COC(=O)C12CC3CC(C1)CC(C(=O)OC(C)(C)C(F)(F)C(=O)O)(C3)C2. The zero-order valence-electron chi connectivity index (χ0n) is 15.1. The molecule has 4 bridgehead atoms. The third-order valence-corrected chi connectivity index (χ3v) is 6.49. The Morgan fingerprint density at radius 2 is 1.46 bits per heavy atom. The third kappa shape index (κ3) is 2.60. The molecule has 4 aliphatic carbocycles. The normalized spacial score (nSPS) is 35.9. The van der Waals surface area contributed by atoms with E-state index in [1.165, 1.54) is 7.11 Å². The molecular formula is C18H24F2O6. The minimum atomic E-state index is -4.22.